The van der Waals surface area contributed by atoms with E-state index in [-0.39, 0.29) is 23.9 Å². The monoisotopic (exact) mass is 392 g/mol. The number of ether oxygens (including phenoxy) is 2. The second-order valence-electron chi connectivity index (χ2n) is 6.21. The Hall–Kier alpha value is -2.38. The molecule has 0 unspecified atom stereocenters. The van der Waals surface area contributed by atoms with E-state index in [0.717, 1.165) is 11.1 Å². The minimum atomic E-state index is -3.80. The zero-order valence-electron chi connectivity index (χ0n) is 15.7. The summed E-state index contributed by atoms with van der Waals surface area (Å²) in [6, 6.07) is 13.6. The average Bonchev–Trinajstić information content (AvgIpc) is 2.62. The highest BCUT2D eigenvalue weighted by molar-refractivity contribution is 7.86. The number of esters is 1. The van der Waals surface area contributed by atoms with Gasteiger partial charge in [-0.05, 0) is 43.7 Å². The fourth-order valence-electron chi connectivity index (χ4n) is 2.35. The molecule has 0 saturated heterocycles. The Morgan fingerprint density at radius 1 is 1.11 bits per heavy atom. The summed E-state index contributed by atoms with van der Waals surface area (Å²) < 4.78 is 40.0. The lowest BCUT2D eigenvalue weighted by Gasteiger charge is -2.14. The largest absolute Gasteiger partial charge is 0.493 e. The highest BCUT2D eigenvalue weighted by atomic mass is 32.2. The Morgan fingerprint density at radius 3 is 2.48 bits per heavy atom. The second kappa shape index (κ2) is 9.53. The first-order chi connectivity index (χ1) is 12.8. The van der Waals surface area contributed by atoms with Crippen LogP contribution >= 0.6 is 0 Å². The minimum Gasteiger partial charge on any atom is -0.493 e. The molecule has 2 aromatic carbocycles. The molecule has 0 aliphatic heterocycles. The fourth-order valence-corrected chi connectivity index (χ4v) is 3.46. The molecule has 0 heterocycles. The second-order valence-corrected chi connectivity index (χ2v) is 7.78. The lowest BCUT2D eigenvalue weighted by molar-refractivity contribution is -0.139. The zero-order valence-corrected chi connectivity index (χ0v) is 16.5. The van der Waals surface area contributed by atoms with Crippen LogP contribution in [0.5, 0.6) is 5.75 Å². The van der Waals surface area contributed by atoms with Crippen molar-refractivity contribution < 1.29 is 26.9 Å². The molecule has 0 N–H and O–H groups in total. The third kappa shape index (κ3) is 6.69. The SMILES string of the molecule is COC(=O)Cc1cccc(OCC[C@@H](C)OS(=O)(=O)c2ccc(C)cc2)c1. The van der Waals surface area contributed by atoms with Crippen LogP contribution in [0.2, 0.25) is 0 Å². The summed E-state index contributed by atoms with van der Waals surface area (Å²) in [5, 5.41) is 0. The predicted molar refractivity (Wildman–Crippen MR) is 101 cm³/mol. The summed E-state index contributed by atoms with van der Waals surface area (Å²) in [7, 11) is -2.46. The molecule has 0 aromatic heterocycles. The number of rotatable bonds is 9. The van der Waals surface area contributed by atoms with Crippen LogP contribution in [-0.4, -0.2) is 34.2 Å². The van der Waals surface area contributed by atoms with Gasteiger partial charge in [0.1, 0.15) is 5.75 Å². The number of carbonyl (C=O) groups is 1. The van der Waals surface area contributed by atoms with Crippen molar-refractivity contribution >= 4 is 16.1 Å². The minimum absolute atomic E-state index is 0.136. The molecule has 1 atom stereocenters. The maximum absolute atomic E-state index is 12.3. The van der Waals surface area contributed by atoms with Crippen LogP contribution in [-0.2, 0) is 30.3 Å². The van der Waals surface area contributed by atoms with E-state index in [1.54, 1.807) is 37.3 Å². The van der Waals surface area contributed by atoms with E-state index in [1.807, 2.05) is 13.0 Å². The van der Waals surface area contributed by atoms with Crippen molar-refractivity contribution in [1.82, 2.24) is 0 Å². The maximum atomic E-state index is 12.3. The normalized spacial score (nSPS) is 12.4. The molecule has 2 rings (SSSR count). The molecule has 0 aliphatic rings. The number of benzene rings is 2. The van der Waals surface area contributed by atoms with Crippen LogP contribution in [0.4, 0.5) is 0 Å². The standard InChI is InChI=1S/C20H24O6S/c1-15-7-9-19(10-8-15)27(22,23)26-16(2)11-12-25-18-6-4-5-17(13-18)14-20(21)24-3/h4-10,13,16H,11-12,14H2,1-3H3/t16-/m1/s1. The zero-order chi connectivity index (χ0) is 19.9. The van der Waals surface area contributed by atoms with Gasteiger partial charge in [0.15, 0.2) is 0 Å². The highest BCUT2D eigenvalue weighted by Gasteiger charge is 2.19. The molecule has 6 nitrogen and oxygen atoms in total. The lowest BCUT2D eigenvalue weighted by Crippen LogP contribution is -2.18. The summed E-state index contributed by atoms with van der Waals surface area (Å²) in [4.78, 5) is 11.5. The number of hydrogen-bond acceptors (Lipinski definition) is 6. The van der Waals surface area contributed by atoms with E-state index >= 15 is 0 Å². The number of aryl methyl sites for hydroxylation is 1. The van der Waals surface area contributed by atoms with E-state index in [2.05, 4.69) is 4.74 Å². The van der Waals surface area contributed by atoms with Crippen molar-refractivity contribution in [3.63, 3.8) is 0 Å². The van der Waals surface area contributed by atoms with Gasteiger partial charge in [0.25, 0.3) is 10.1 Å². The molecule has 0 radical (unpaired) electrons. The van der Waals surface area contributed by atoms with Crippen molar-refractivity contribution in [1.29, 1.82) is 0 Å². The van der Waals surface area contributed by atoms with Gasteiger partial charge < -0.3 is 9.47 Å². The molecule has 0 aliphatic carbocycles. The van der Waals surface area contributed by atoms with Gasteiger partial charge in [-0.3, -0.25) is 8.98 Å². The van der Waals surface area contributed by atoms with Gasteiger partial charge in [-0.2, -0.15) is 8.42 Å². The molecule has 0 amide bonds. The third-order valence-corrected chi connectivity index (χ3v) is 5.30. The summed E-state index contributed by atoms with van der Waals surface area (Å²) in [5.74, 6) is 0.278. The van der Waals surface area contributed by atoms with Gasteiger partial charge in [-0.1, -0.05) is 29.8 Å². The Bertz CT molecular complexity index is 858. The smallest absolute Gasteiger partial charge is 0.309 e. The van der Waals surface area contributed by atoms with E-state index in [1.165, 1.54) is 19.2 Å². The molecular formula is C20H24O6S. The van der Waals surface area contributed by atoms with Gasteiger partial charge in [0, 0.05) is 6.42 Å². The number of carbonyl (C=O) groups excluding carboxylic acids is 1. The van der Waals surface area contributed by atoms with Crippen molar-refractivity contribution in [3.05, 3.63) is 59.7 Å². The Kier molecular flexibility index (Phi) is 7.38. The van der Waals surface area contributed by atoms with E-state index in [0.29, 0.717) is 12.2 Å². The molecule has 0 spiro atoms. The molecular weight excluding hydrogens is 368 g/mol. The van der Waals surface area contributed by atoms with E-state index in [9.17, 15) is 13.2 Å². The Morgan fingerprint density at radius 2 is 1.81 bits per heavy atom. The highest BCUT2D eigenvalue weighted by Crippen LogP contribution is 2.18. The molecule has 0 fully saturated rings. The summed E-state index contributed by atoms with van der Waals surface area (Å²) >= 11 is 0. The van der Waals surface area contributed by atoms with Gasteiger partial charge in [0.2, 0.25) is 0 Å². The number of methoxy groups -OCH3 is 1. The maximum Gasteiger partial charge on any atom is 0.309 e. The van der Waals surface area contributed by atoms with Gasteiger partial charge in [-0.25, -0.2) is 0 Å². The summed E-state index contributed by atoms with van der Waals surface area (Å²) in [6.07, 6.45) is 0.0310. The molecule has 7 heteroatoms. The molecule has 0 bridgehead atoms. The quantitative estimate of drug-likeness (QED) is 0.481. The van der Waals surface area contributed by atoms with Crippen LogP contribution in [0.3, 0.4) is 0 Å². The Labute approximate surface area is 160 Å². The first-order valence-electron chi connectivity index (χ1n) is 8.58. The fraction of sp³-hybridized carbons (Fsp3) is 0.350. The molecule has 2 aromatic rings. The molecule has 0 saturated carbocycles. The van der Waals surface area contributed by atoms with E-state index < -0.39 is 16.2 Å². The topological polar surface area (TPSA) is 78.9 Å². The van der Waals surface area contributed by atoms with Gasteiger partial charge in [-0.15, -0.1) is 0 Å². The van der Waals surface area contributed by atoms with Crippen molar-refractivity contribution in [2.45, 2.75) is 37.7 Å². The van der Waals surface area contributed by atoms with Crippen LogP contribution < -0.4 is 4.74 Å². The summed E-state index contributed by atoms with van der Waals surface area (Å²) in [6.45, 7) is 3.85. The lowest BCUT2D eigenvalue weighted by atomic mass is 10.1. The first-order valence-corrected chi connectivity index (χ1v) is 9.99. The van der Waals surface area contributed by atoms with Crippen molar-refractivity contribution in [2.75, 3.05) is 13.7 Å². The first kappa shape index (κ1) is 20.9. The molecule has 27 heavy (non-hydrogen) atoms. The van der Waals surface area contributed by atoms with Gasteiger partial charge >= 0.3 is 5.97 Å². The Balaban J connectivity index is 1.85. The average molecular weight is 392 g/mol. The van der Waals surface area contributed by atoms with Gasteiger partial charge in [0.05, 0.1) is 31.1 Å². The third-order valence-electron chi connectivity index (χ3n) is 3.87. The van der Waals surface area contributed by atoms with Crippen LogP contribution in [0.15, 0.2) is 53.4 Å². The molecule has 146 valence electrons. The summed E-state index contributed by atoms with van der Waals surface area (Å²) in [5.41, 5.74) is 1.76. The van der Waals surface area contributed by atoms with E-state index in [4.69, 9.17) is 8.92 Å². The predicted octanol–water partition coefficient (Wildman–Crippen LogP) is 3.27. The van der Waals surface area contributed by atoms with Crippen LogP contribution in [0, 0.1) is 6.92 Å². The van der Waals surface area contributed by atoms with Crippen molar-refractivity contribution in [2.24, 2.45) is 0 Å². The number of hydrogen-bond donors (Lipinski definition) is 0. The van der Waals surface area contributed by atoms with Crippen LogP contribution in [0.1, 0.15) is 24.5 Å². The van der Waals surface area contributed by atoms with Crippen LogP contribution in [0.25, 0.3) is 0 Å². The van der Waals surface area contributed by atoms with Crippen molar-refractivity contribution in [3.8, 4) is 5.75 Å².